The number of aromatic nitrogens is 3. The van der Waals surface area contributed by atoms with Crippen molar-refractivity contribution in [2.24, 2.45) is 0 Å². The molecule has 2 aromatic heterocycles. The Labute approximate surface area is 142 Å². The first kappa shape index (κ1) is 16.7. The highest BCUT2D eigenvalue weighted by Crippen LogP contribution is 2.32. The van der Waals surface area contributed by atoms with Crippen LogP contribution in [0.4, 0.5) is 0 Å². The third kappa shape index (κ3) is 2.58. The highest BCUT2D eigenvalue weighted by molar-refractivity contribution is 5.87. The number of halogens is 2. The summed E-state index contributed by atoms with van der Waals surface area (Å²) in [6, 6.07) is 8.61. The average molecular weight is 337 g/mol. The normalized spacial score (nSPS) is 14.0. The third-order valence-corrected chi connectivity index (χ3v) is 4.05. The van der Waals surface area contributed by atoms with E-state index in [-0.39, 0.29) is 24.8 Å². The van der Waals surface area contributed by atoms with Gasteiger partial charge in [-0.1, -0.05) is 18.2 Å². The zero-order valence-electron chi connectivity index (χ0n) is 12.3. The number of nitrogens with zero attached hydrogens (tertiary/aromatic N) is 4. The van der Waals surface area contributed by atoms with Gasteiger partial charge in [-0.3, -0.25) is 0 Å². The maximum absolute atomic E-state index is 4.17. The first-order valence-electron chi connectivity index (χ1n) is 6.90. The maximum atomic E-state index is 4.17. The van der Waals surface area contributed by atoms with Crippen LogP contribution >= 0.6 is 24.8 Å². The summed E-state index contributed by atoms with van der Waals surface area (Å²) in [5.41, 5.74) is 5.15. The van der Waals surface area contributed by atoms with Crippen LogP contribution in [0.5, 0.6) is 0 Å². The molecule has 0 N–H and O–H groups in total. The van der Waals surface area contributed by atoms with E-state index in [1.54, 1.807) is 6.33 Å². The van der Waals surface area contributed by atoms with Gasteiger partial charge in [0.15, 0.2) is 0 Å². The predicted molar refractivity (Wildman–Crippen MR) is 93.4 cm³/mol. The summed E-state index contributed by atoms with van der Waals surface area (Å²) >= 11 is 0. The van der Waals surface area contributed by atoms with Gasteiger partial charge in [-0.2, -0.15) is 0 Å². The molecule has 1 aliphatic heterocycles. The van der Waals surface area contributed by atoms with Gasteiger partial charge < -0.3 is 9.47 Å². The first-order chi connectivity index (χ1) is 9.84. The molecule has 4 nitrogen and oxygen atoms in total. The Bertz CT molecular complexity index is 770. The molecule has 0 bridgehead atoms. The van der Waals surface area contributed by atoms with Crippen LogP contribution in [0.1, 0.15) is 11.3 Å². The summed E-state index contributed by atoms with van der Waals surface area (Å²) in [7, 11) is 2.18. The average Bonchev–Trinajstić information content (AvgIpc) is 2.82. The fourth-order valence-corrected chi connectivity index (χ4v) is 3.15. The van der Waals surface area contributed by atoms with Gasteiger partial charge >= 0.3 is 0 Å². The summed E-state index contributed by atoms with van der Waals surface area (Å²) < 4.78 is 2.32. The largest absolute Gasteiger partial charge is 0.310 e. The van der Waals surface area contributed by atoms with E-state index in [9.17, 15) is 0 Å². The van der Waals surface area contributed by atoms with Crippen LogP contribution in [0.2, 0.25) is 0 Å². The molecule has 0 aliphatic carbocycles. The van der Waals surface area contributed by atoms with Gasteiger partial charge in [-0.25, -0.2) is 9.97 Å². The SMILES string of the molecule is CN1CCc2c(c3ccccc3n2-c2cncnc2)C1.Cl.Cl. The van der Waals surface area contributed by atoms with Crippen molar-refractivity contribution in [3.05, 3.63) is 54.2 Å². The smallest absolute Gasteiger partial charge is 0.115 e. The molecule has 0 radical (unpaired) electrons. The Morgan fingerprint density at radius 3 is 2.55 bits per heavy atom. The molecule has 0 saturated carbocycles. The fourth-order valence-electron chi connectivity index (χ4n) is 3.15. The molecule has 3 heterocycles. The summed E-state index contributed by atoms with van der Waals surface area (Å²) in [6.07, 6.45) is 6.42. The van der Waals surface area contributed by atoms with E-state index in [2.05, 4.69) is 50.7 Å². The van der Waals surface area contributed by atoms with Crippen molar-refractivity contribution < 1.29 is 0 Å². The van der Waals surface area contributed by atoms with E-state index in [1.807, 2.05) is 12.4 Å². The molecule has 0 saturated heterocycles. The Balaban J connectivity index is 0.000000882. The Morgan fingerprint density at radius 2 is 1.77 bits per heavy atom. The van der Waals surface area contributed by atoms with E-state index in [1.165, 1.54) is 22.2 Å². The molecule has 116 valence electrons. The van der Waals surface area contributed by atoms with Crippen LogP contribution in [0.3, 0.4) is 0 Å². The van der Waals surface area contributed by atoms with E-state index >= 15 is 0 Å². The van der Waals surface area contributed by atoms with Gasteiger partial charge in [-0.05, 0) is 18.7 Å². The minimum absolute atomic E-state index is 0. The molecule has 6 heteroatoms. The van der Waals surface area contributed by atoms with Gasteiger partial charge in [0.05, 0.1) is 23.6 Å². The number of hydrogen-bond donors (Lipinski definition) is 0. The van der Waals surface area contributed by atoms with Crippen molar-refractivity contribution in [2.45, 2.75) is 13.0 Å². The van der Waals surface area contributed by atoms with Gasteiger partial charge in [0.25, 0.3) is 0 Å². The molecular formula is C16H18Cl2N4. The van der Waals surface area contributed by atoms with Crippen molar-refractivity contribution in [2.75, 3.05) is 13.6 Å². The maximum Gasteiger partial charge on any atom is 0.115 e. The second kappa shape index (κ2) is 6.65. The second-order valence-electron chi connectivity index (χ2n) is 5.36. The molecule has 0 fully saturated rings. The zero-order valence-corrected chi connectivity index (χ0v) is 13.9. The Morgan fingerprint density at radius 1 is 1.05 bits per heavy atom. The van der Waals surface area contributed by atoms with Crippen LogP contribution < -0.4 is 0 Å². The van der Waals surface area contributed by atoms with Crippen LogP contribution in [0.25, 0.3) is 16.6 Å². The zero-order chi connectivity index (χ0) is 13.5. The summed E-state index contributed by atoms with van der Waals surface area (Å²) in [4.78, 5) is 10.7. The van der Waals surface area contributed by atoms with E-state index < -0.39 is 0 Å². The molecule has 0 amide bonds. The minimum atomic E-state index is 0. The summed E-state index contributed by atoms with van der Waals surface area (Å²) in [5.74, 6) is 0. The molecule has 4 rings (SSSR count). The summed E-state index contributed by atoms with van der Waals surface area (Å²) in [5, 5.41) is 1.35. The second-order valence-corrected chi connectivity index (χ2v) is 5.36. The molecule has 1 aromatic carbocycles. The predicted octanol–water partition coefficient (Wildman–Crippen LogP) is 3.25. The van der Waals surface area contributed by atoms with Crippen molar-refractivity contribution >= 4 is 35.7 Å². The Kier molecular flexibility index (Phi) is 5.06. The number of rotatable bonds is 1. The van der Waals surface area contributed by atoms with Crippen molar-refractivity contribution in [3.8, 4) is 5.69 Å². The monoisotopic (exact) mass is 336 g/mol. The van der Waals surface area contributed by atoms with Crippen LogP contribution in [0, 0.1) is 0 Å². The highest BCUT2D eigenvalue weighted by Gasteiger charge is 2.22. The van der Waals surface area contributed by atoms with Crippen LogP contribution in [-0.2, 0) is 13.0 Å². The lowest BCUT2D eigenvalue weighted by atomic mass is 10.1. The topological polar surface area (TPSA) is 34.0 Å². The number of benzene rings is 1. The van der Waals surface area contributed by atoms with E-state index in [0.717, 1.165) is 25.2 Å². The van der Waals surface area contributed by atoms with Crippen LogP contribution in [0.15, 0.2) is 43.0 Å². The molecule has 0 atom stereocenters. The van der Waals surface area contributed by atoms with E-state index in [4.69, 9.17) is 0 Å². The minimum Gasteiger partial charge on any atom is -0.310 e. The lowest BCUT2D eigenvalue weighted by Gasteiger charge is -2.24. The molecule has 22 heavy (non-hydrogen) atoms. The number of para-hydroxylation sites is 1. The number of fused-ring (bicyclic) bond motifs is 3. The molecule has 1 aliphatic rings. The molecule has 0 unspecified atom stereocenters. The highest BCUT2D eigenvalue weighted by atomic mass is 35.5. The van der Waals surface area contributed by atoms with Gasteiger partial charge in [0, 0.05) is 30.6 Å². The van der Waals surface area contributed by atoms with Gasteiger partial charge in [0.1, 0.15) is 6.33 Å². The van der Waals surface area contributed by atoms with Gasteiger partial charge in [0.2, 0.25) is 0 Å². The fraction of sp³-hybridized carbons (Fsp3) is 0.250. The lowest BCUT2D eigenvalue weighted by molar-refractivity contribution is 0.311. The van der Waals surface area contributed by atoms with Crippen LogP contribution in [-0.4, -0.2) is 33.0 Å². The molecular weight excluding hydrogens is 319 g/mol. The quantitative estimate of drug-likeness (QED) is 0.684. The van der Waals surface area contributed by atoms with Crippen molar-refractivity contribution in [3.63, 3.8) is 0 Å². The van der Waals surface area contributed by atoms with E-state index in [0.29, 0.717) is 0 Å². The summed E-state index contributed by atoms with van der Waals surface area (Å²) in [6.45, 7) is 2.10. The number of hydrogen-bond acceptors (Lipinski definition) is 3. The third-order valence-electron chi connectivity index (χ3n) is 4.05. The standard InChI is InChI=1S/C16H16N4.2ClH/c1-19-7-6-16-14(10-19)13-4-2-3-5-15(13)20(16)12-8-17-11-18-9-12;;/h2-5,8-9,11H,6-7,10H2,1H3;2*1H. The molecule has 3 aromatic rings. The van der Waals surface area contributed by atoms with Crippen molar-refractivity contribution in [1.82, 2.24) is 19.4 Å². The first-order valence-corrected chi connectivity index (χ1v) is 6.90. The number of likely N-dealkylation sites (N-methyl/N-ethyl adjacent to an activating group) is 1. The molecule has 0 spiro atoms. The van der Waals surface area contributed by atoms with Gasteiger partial charge in [-0.15, -0.1) is 24.8 Å². The Hall–Kier alpha value is -1.62. The lowest BCUT2D eigenvalue weighted by Crippen LogP contribution is -2.27. The van der Waals surface area contributed by atoms with Crippen molar-refractivity contribution in [1.29, 1.82) is 0 Å².